The highest BCUT2D eigenvalue weighted by Crippen LogP contribution is 2.25. The second-order valence-electron chi connectivity index (χ2n) is 2.93. The van der Waals surface area contributed by atoms with Gasteiger partial charge in [0.15, 0.2) is 6.29 Å². The van der Waals surface area contributed by atoms with Crippen molar-refractivity contribution in [1.29, 1.82) is 0 Å². The standard InChI is InChI=1S/C7H7F3N2O4/c8-7(9,10)3-1-12(2-4(13)14)6(16)11-5(3)15/h1,4,13-14H,2H2,(H,11,15,16). The van der Waals surface area contributed by atoms with Crippen LogP contribution in [0, 0.1) is 0 Å². The van der Waals surface area contributed by atoms with Crippen LogP contribution in [0.25, 0.3) is 0 Å². The Hall–Kier alpha value is -1.61. The number of aromatic amines is 1. The van der Waals surface area contributed by atoms with Gasteiger partial charge in [0.25, 0.3) is 5.56 Å². The van der Waals surface area contributed by atoms with Crippen molar-refractivity contribution >= 4 is 0 Å². The molecule has 1 rings (SSSR count). The maximum Gasteiger partial charge on any atom is 0.423 e. The minimum Gasteiger partial charge on any atom is -0.367 e. The zero-order valence-corrected chi connectivity index (χ0v) is 7.65. The lowest BCUT2D eigenvalue weighted by atomic mass is 10.3. The third-order valence-corrected chi connectivity index (χ3v) is 1.68. The fourth-order valence-corrected chi connectivity index (χ4v) is 1.02. The van der Waals surface area contributed by atoms with Crippen LogP contribution in [0.5, 0.6) is 0 Å². The van der Waals surface area contributed by atoms with Crippen LogP contribution >= 0.6 is 0 Å². The Labute approximate surface area is 85.6 Å². The van der Waals surface area contributed by atoms with Gasteiger partial charge in [-0.1, -0.05) is 0 Å². The van der Waals surface area contributed by atoms with Crippen molar-refractivity contribution < 1.29 is 23.4 Å². The third-order valence-electron chi connectivity index (χ3n) is 1.68. The topological polar surface area (TPSA) is 95.3 Å². The highest BCUT2D eigenvalue weighted by atomic mass is 19.4. The van der Waals surface area contributed by atoms with Crippen LogP contribution < -0.4 is 11.2 Å². The predicted octanol–water partition coefficient (Wildman–Crippen LogP) is -1.13. The summed E-state index contributed by atoms with van der Waals surface area (Å²) in [5, 5.41) is 17.0. The highest BCUT2D eigenvalue weighted by molar-refractivity contribution is 5.08. The van der Waals surface area contributed by atoms with E-state index in [1.165, 1.54) is 4.98 Å². The molecule has 0 spiro atoms. The lowest BCUT2D eigenvalue weighted by Gasteiger charge is -2.10. The summed E-state index contributed by atoms with van der Waals surface area (Å²) >= 11 is 0. The maximum absolute atomic E-state index is 12.2. The van der Waals surface area contributed by atoms with Crippen LogP contribution in [-0.4, -0.2) is 26.1 Å². The fraction of sp³-hybridized carbons (Fsp3) is 0.429. The number of hydrogen-bond acceptors (Lipinski definition) is 4. The van der Waals surface area contributed by atoms with Gasteiger partial charge in [-0.15, -0.1) is 0 Å². The lowest BCUT2D eigenvalue weighted by molar-refractivity contribution is -0.139. The summed E-state index contributed by atoms with van der Waals surface area (Å²) in [6.45, 7) is -0.765. The van der Waals surface area contributed by atoms with Crippen molar-refractivity contribution in [3.8, 4) is 0 Å². The summed E-state index contributed by atoms with van der Waals surface area (Å²) in [5.74, 6) is 0. The van der Waals surface area contributed by atoms with Crippen molar-refractivity contribution in [1.82, 2.24) is 9.55 Å². The smallest absolute Gasteiger partial charge is 0.367 e. The first-order valence-electron chi connectivity index (χ1n) is 3.99. The van der Waals surface area contributed by atoms with E-state index in [0.717, 1.165) is 0 Å². The van der Waals surface area contributed by atoms with Gasteiger partial charge >= 0.3 is 11.9 Å². The first kappa shape index (κ1) is 12.5. The Morgan fingerprint density at radius 2 is 1.94 bits per heavy atom. The van der Waals surface area contributed by atoms with E-state index < -0.39 is 35.8 Å². The summed E-state index contributed by atoms with van der Waals surface area (Å²) in [5.41, 5.74) is -4.29. The summed E-state index contributed by atoms with van der Waals surface area (Å²) in [4.78, 5) is 23.2. The minimum atomic E-state index is -4.91. The molecule has 0 radical (unpaired) electrons. The van der Waals surface area contributed by atoms with E-state index in [-0.39, 0.29) is 6.20 Å². The molecule has 0 aliphatic heterocycles. The zero-order chi connectivity index (χ0) is 12.5. The van der Waals surface area contributed by atoms with Crippen LogP contribution in [0.4, 0.5) is 13.2 Å². The Kier molecular flexibility index (Phi) is 3.19. The number of nitrogens with one attached hydrogen (secondary N) is 1. The molecule has 90 valence electrons. The quantitative estimate of drug-likeness (QED) is 0.570. The summed E-state index contributed by atoms with van der Waals surface area (Å²) in [6.07, 6.45) is -6.67. The van der Waals surface area contributed by atoms with E-state index in [9.17, 15) is 22.8 Å². The average molecular weight is 240 g/mol. The summed E-state index contributed by atoms with van der Waals surface area (Å²) < 4.78 is 37.1. The molecule has 0 unspecified atom stereocenters. The van der Waals surface area contributed by atoms with Gasteiger partial charge in [0, 0.05) is 6.20 Å². The van der Waals surface area contributed by atoms with E-state index in [1.54, 1.807) is 0 Å². The zero-order valence-electron chi connectivity index (χ0n) is 7.65. The van der Waals surface area contributed by atoms with Crippen molar-refractivity contribution in [2.24, 2.45) is 0 Å². The molecule has 3 N–H and O–H groups in total. The molecule has 0 saturated heterocycles. The molecule has 0 atom stereocenters. The van der Waals surface area contributed by atoms with E-state index >= 15 is 0 Å². The lowest BCUT2D eigenvalue weighted by Crippen LogP contribution is -2.36. The SMILES string of the molecule is O=c1[nH]c(=O)n(CC(O)O)cc1C(F)(F)F. The Bertz CT molecular complexity index is 488. The molecule has 0 bridgehead atoms. The fourth-order valence-electron chi connectivity index (χ4n) is 1.02. The van der Waals surface area contributed by atoms with Crippen LogP contribution in [0.3, 0.4) is 0 Å². The molecule has 6 nitrogen and oxygen atoms in total. The van der Waals surface area contributed by atoms with Crippen molar-refractivity contribution in [2.75, 3.05) is 0 Å². The van der Waals surface area contributed by atoms with Gasteiger partial charge < -0.3 is 10.2 Å². The number of aliphatic hydroxyl groups is 2. The van der Waals surface area contributed by atoms with Gasteiger partial charge in [-0.3, -0.25) is 14.3 Å². The molecule has 1 heterocycles. The van der Waals surface area contributed by atoms with Crippen LogP contribution in [-0.2, 0) is 12.7 Å². The van der Waals surface area contributed by atoms with Crippen LogP contribution in [0.15, 0.2) is 15.8 Å². The number of alkyl halides is 3. The van der Waals surface area contributed by atoms with Gasteiger partial charge in [0.2, 0.25) is 0 Å². The highest BCUT2D eigenvalue weighted by Gasteiger charge is 2.34. The molecule has 0 aromatic carbocycles. The normalized spacial score (nSPS) is 12.1. The predicted molar refractivity (Wildman–Crippen MR) is 44.6 cm³/mol. The van der Waals surface area contributed by atoms with E-state index in [0.29, 0.717) is 4.57 Å². The molecular weight excluding hydrogens is 233 g/mol. The number of halogens is 3. The molecule has 0 aliphatic carbocycles. The second-order valence-corrected chi connectivity index (χ2v) is 2.93. The molecule has 0 aliphatic rings. The number of H-pyrrole nitrogens is 1. The Balaban J connectivity index is 3.34. The number of aromatic nitrogens is 2. The molecule has 1 aromatic heterocycles. The second kappa shape index (κ2) is 4.10. The number of aliphatic hydroxyl groups excluding tert-OH is 1. The van der Waals surface area contributed by atoms with Gasteiger partial charge in [0.05, 0.1) is 6.54 Å². The van der Waals surface area contributed by atoms with Gasteiger partial charge in [0.1, 0.15) is 5.56 Å². The molecule has 16 heavy (non-hydrogen) atoms. The van der Waals surface area contributed by atoms with E-state index in [1.807, 2.05) is 0 Å². The first-order chi connectivity index (χ1) is 7.21. The molecular formula is C7H7F3N2O4. The maximum atomic E-state index is 12.2. The van der Waals surface area contributed by atoms with Crippen molar-refractivity contribution in [3.63, 3.8) is 0 Å². The number of hydrogen-bond donors (Lipinski definition) is 3. The summed E-state index contributed by atoms with van der Waals surface area (Å²) in [7, 11) is 0. The van der Waals surface area contributed by atoms with Crippen molar-refractivity contribution in [3.05, 3.63) is 32.6 Å². The van der Waals surface area contributed by atoms with Gasteiger partial charge in [-0.2, -0.15) is 13.2 Å². The molecule has 1 aromatic rings. The van der Waals surface area contributed by atoms with E-state index in [4.69, 9.17) is 10.2 Å². The average Bonchev–Trinajstić information content (AvgIpc) is 2.06. The number of rotatable bonds is 2. The van der Waals surface area contributed by atoms with Gasteiger partial charge in [-0.05, 0) is 0 Å². The monoisotopic (exact) mass is 240 g/mol. The van der Waals surface area contributed by atoms with Crippen LogP contribution in [0.1, 0.15) is 5.56 Å². The Morgan fingerprint density at radius 3 is 2.38 bits per heavy atom. The molecule has 0 fully saturated rings. The first-order valence-corrected chi connectivity index (χ1v) is 3.99. The number of nitrogens with zero attached hydrogens (tertiary/aromatic N) is 1. The molecule has 0 amide bonds. The summed E-state index contributed by atoms with van der Waals surface area (Å²) in [6, 6.07) is 0. The minimum absolute atomic E-state index is 0.237. The van der Waals surface area contributed by atoms with E-state index in [2.05, 4.69) is 0 Å². The van der Waals surface area contributed by atoms with Crippen LogP contribution in [0.2, 0.25) is 0 Å². The Morgan fingerprint density at radius 1 is 1.38 bits per heavy atom. The molecule has 0 saturated carbocycles. The van der Waals surface area contributed by atoms with Gasteiger partial charge in [-0.25, -0.2) is 4.79 Å². The van der Waals surface area contributed by atoms with Crippen molar-refractivity contribution in [2.45, 2.75) is 19.0 Å². The largest absolute Gasteiger partial charge is 0.423 e. The molecule has 9 heteroatoms. The third kappa shape index (κ3) is 2.70.